The van der Waals surface area contributed by atoms with E-state index in [0.29, 0.717) is 49.4 Å². The first-order valence-electron chi connectivity index (χ1n) is 14.5. The molecule has 2 saturated heterocycles. The van der Waals surface area contributed by atoms with Gasteiger partial charge in [0.05, 0.1) is 22.3 Å². The van der Waals surface area contributed by atoms with E-state index in [1.807, 2.05) is 43.6 Å². The second-order valence-corrected chi connectivity index (χ2v) is 11.9. The number of allylic oxidation sites excluding steroid dienone is 1. The molecule has 11 heteroatoms. The van der Waals surface area contributed by atoms with Gasteiger partial charge in [-0.25, -0.2) is 27.9 Å². The number of aromatic nitrogens is 4. The highest BCUT2D eigenvalue weighted by atomic mass is 19.1. The molecule has 9 nitrogen and oxygen atoms in total. The Balaban J connectivity index is 1.57. The van der Waals surface area contributed by atoms with Crippen molar-refractivity contribution in [2.75, 3.05) is 25.0 Å². The van der Waals surface area contributed by atoms with Crippen LogP contribution in [0.3, 0.4) is 0 Å². The zero-order valence-corrected chi connectivity index (χ0v) is 25.0. The maximum absolute atomic E-state index is 15.9. The molecule has 2 aliphatic rings. The summed E-state index contributed by atoms with van der Waals surface area (Å²) in [5.74, 6) is -0.0311. The molecule has 1 spiro atoms. The van der Waals surface area contributed by atoms with E-state index >= 15 is 4.39 Å². The number of aromatic hydroxyl groups is 1. The van der Waals surface area contributed by atoms with Gasteiger partial charge in [-0.05, 0) is 67.5 Å². The van der Waals surface area contributed by atoms with Crippen LogP contribution in [0, 0.1) is 18.6 Å². The molecule has 0 unspecified atom stereocenters. The highest BCUT2D eigenvalue weighted by Crippen LogP contribution is 2.45. The van der Waals surface area contributed by atoms with Gasteiger partial charge in [-0.2, -0.15) is 4.98 Å². The summed E-state index contributed by atoms with van der Waals surface area (Å²) in [4.78, 5) is 43.0. The number of nitrogens with zero attached hydrogens (tertiary/aromatic N) is 6. The summed E-state index contributed by atoms with van der Waals surface area (Å²) >= 11 is 0. The number of hydrogen-bond acceptors (Lipinski definition) is 8. The summed E-state index contributed by atoms with van der Waals surface area (Å²) in [5.41, 5.74) is 1.29. The quantitative estimate of drug-likeness (QED) is 0.320. The summed E-state index contributed by atoms with van der Waals surface area (Å²) in [6.07, 6.45) is 3.55. The Morgan fingerprint density at radius 3 is 2.48 bits per heavy atom. The Morgan fingerprint density at radius 2 is 1.84 bits per heavy atom. The molecule has 2 aliphatic heterocycles. The number of anilines is 1. The van der Waals surface area contributed by atoms with Gasteiger partial charge in [-0.3, -0.25) is 4.98 Å². The maximum Gasteiger partial charge on any atom is 0.355 e. The lowest BCUT2D eigenvalue weighted by Gasteiger charge is -2.44. The van der Waals surface area contributed by atoms with Crippen molar-refractivity contribution in [2.24, 2.45) is 0 Å². The van der Waals surface area contributed by atoms with Gasteiger partial charge < -0.3 is 14.9 Å². The number of aryl methyl sites for hydroxylation is 1. The molecule has 3 aromatic heterocycles. The lowest BCUT2D eigenvalue weighted by Crippen LogP contribution is -2.51. The standard InChI is InChI=1S/C33H32F2N6O3/c1-18(2)27-29(19(3)9-12-36-27)41-31-21(15-23(35)28(37-31)26-22(34)7-6-8-25(26)43)30(38-32(41)44)40-13-10-33(11-14-40)16-20(4)24(17-42)39(33)5/h6-9,12,15,18,43H,4,10-11,13-14,16H2,1-3,5H3. The number of benzene rings is 1. The number of pyridine rings is 2. The van der Waals surface area contributed by atoms with Crippen LogP contribution in [0.2, 0.25) is 0 Å². The zero-order chi connectivity index (χ0) is 31.5. The Kier molecular flexibility index (Phi) is 7.08. The smallest absolute Gasteiger partial charge is 0.355 e. The Hall–Kier alpha value is -4.89. The van der Waals surface area contributed by atoms with Crippen molar-refractivity contribution in [3.8, 4) is 22.7 Å². The van der Waals surface area contributed by atoms with Crippen LogP contribution >= 0.6 is 0 Å². The van der Waals surface area contributed by atoms with E-state index in [-0.39, 0.29) is 28.3 Å². The fraction of sp³-hybridized carbons (Fsp3) is 0.333. The third-order valence-corrected chi connectivity index (χ3v) is 8.97. The fourth-order valence-corrected chi connectivity index (χ4v) is 6.62. The van der Waals surface area contributed by atoms with Gasteiger partial charge in [0.15, 0.2) is 17.4 Å². The number of hydrogen-bond donors (Lipinski definition) is 1. The number of fused-ring (bicyclic) bond motifs is 1. The Bertz CT molecular complexity index is 1940. The average molecular weight is 599 g/mol. The molecular weight excluding hydrogens is 566 g/mol. The number of carbonyl (C=O) groups excluding carboxylic acids is 1. The highest BCUT2D eigenvalue weighted by Gasteiger charge is 2.46. The minimum absolute atomic E-state index is 0.0647. The molecule has 0 atom stereocenters. The van der Waals surface area contributed by atoms with E-state index in [0.717, 1.165) is 17.2 Å². The second-order valence-electron chi connectivity index (χ2n) is 11.9. The largest absolute Gasteiger partial charge is 0.507 e. The van der Waals surface area contributed by atoms with Crippen LogP contribution < -0.4 is 10.6 Å². The molecule has 0 amide bonds. The van der Waals surface area contributed by atoms with Crippen LogP contribution in [0.1, 0.15) is 50.3 Å². The molecule has 0 bridgehead atoms. The van der Waals surface area contributed by atoms with Crippen molar-refractivity contribution in [2.45, 2.75) is 51.5 Å². The van der Waals surface area contributed by atoms with E-state index in [9.17, 15) is 19.1 Å². The summed E-state index contributed by atoms with van der Waals surface area (Å²) in [5, 5.41) is 10.8. The van der Waals surface area contributed by atoms with Gasteiger partial charge in [0.25, 0.3) is 0 Å². The number of piperidine rings is 1. The first kappa shape index (κ1) is 29.2. The predicted octanol–water partition coefficient (Wildman–Crippen LogP) is 5.20. The van der Waals surface area contributed by atoms with Gasteiger partial charge in [-0.1, -0.05) is 26.5 Å². The molecule has 0 radical (unpaired) electrons. The number of phenolic OH excluding ortho intramolecular Hbond substituents is 1. The van der Waals surface area contributed by atoms with Crippen molar-refractivity contribution in [3.63, 3.8) is 0 Å². The number of rotatable bonds is 4. The summed E-state index contributed by atoms with van der Waals surface area (Å²) in [6, 6.07) is 6.63. The lowest BCUT2D eigenvalue weighted by atomic mass is 9.84. The average Bonchev–Trinajstić information content (AvgIpc) is 3.21. The van der Waals surface area contributed by atoms with Crippen molar-refractivity contribution < 1.29 is 18.7 Å². The van der Waals surface area contributed by atoms with E-state index in [2.05, 4.69) is 21.5 Å². The molecule has 5 heterocycles. The van der Waals surface area contributed by atoms with E-state index in [1.165, 1.54) is 22.8 Å². The summed E-state index contributed by atoms with van der Waals surface area (Å²) in [7, 11) is 1.87. The third-order valence-electron chi connectivity index (χ3n) is 8.97. The van der Waals surface area contributed by atoms with Gasteiger partial charge in [0.2, 0.25) is 0 Å². The fourth-order valence-electron chi connectivity index (χ4n) is 6.62. The molecule has 44 heavy (non-hydrogen) atoms. The molecule has 226 valence electrons. The molecule has 0 aliphatic carbocycles. The normalized spacial score (nSPS) is 16.4. The Labute approximate surface area is 252 Å². The van der Waals surface area contributed by atoms with Crippen molar-refractivity contribution in [1.29, 1.82) is 0 Å². The van der Waals surface area contributed by atoms with E-state index < -0.39 is 34.3 Å². The van der Waals surface area contributed by atoms with Crippen LogP contribution in [0.15, 0.2) is 59.2 Å². The SMILES string of the molecule is C=C1CC2(CCN(c3nc(=O)n(-c4c(C)ccnc4C(C)C)c4nc(-c5c(O)cccc5F)c(F)cc34)CC2)N(C)C1=C=O. The van der Waals surface area contributed by atoms with Gasteiger partial charge in [-0.15, -0.1) is 0 Å². The van der Waals surface area contributed by atoms with Gasteiger partial charge in [0.1, 0.15) is 28.8 Å². The molecule has 6 rings (SSSR count). The zero-order valence-electron chi connectivity index (χ0n) is 25.0. The second kappa shape index (κ2) is 10.7. The van der Waals surface area contributed by atoms with Gasteiger partial charge >= 0.3 is 5.69 Å². The number of phenols is 1. The number of likely N-dealkylation sites (N-methyl/N-ethyl adjacent to an activating group) is 1. The van der Waals surface area contributed by atoms with Crippen molar-refractivity contribution >= 4 is 22.8 Å². The minimum atomic E-state index is -0.876. The molecular formula is C33H32F2N6O3. The minimum Gasteiger partial charge on any atom is -0.507 e. The predicted molar refractivity (Wildman–Crippen MR) is 164 cm³/mol. The van der Waals surface area contributed by atoms with Crippen LogP contribution in [-0.2, 0) is 4.79 Å². The van der Waals surface area contributed by atoms with E-state index in [1.54, 1.807) is 12.3 Å². The summed E-state index contributed by atoms with van der Waals surface area (Å²) < 4.78 is 32.2. The lowest BCUT2D eigenvalue weighted by molar-refractivity contribution is 0.159. The van der Waals surface area contributed by atoms with Crippen molar-refractivity contribution in [1.82, 2.24) is 24.4 Å². The van der Waals surface area contributed by atoms with Crippen LogP contribution in [0.5, 0.6) is 5.75 Å². The third kappa shape index (κ3) is 4.46. The molecule has 4 aromatic rings. The molecule has 0 saturated carbocycles. The molecule has 1 N–H and O–H groups in total. The number of likely N-dealkylation sites (tertiary alicyclic amines) is 1. The molecule has 2 fully saturated rings. The first-order valence-corrected chi connectivity index (χ1v) is 14.5. The number of halogens is 2. The first-order chi connectivity index (χ1) is 21.0. The van der Waals surface area contributed by atoms with Crippen molar-refractivity contribution in [3.05, 3.63) is 87.8 Å². The summed E-state index contributed by atoms with van der Waals surface area (Å²) in [6.45, 7) is 10.7. The van der Waals surface area contributed by atoms with Crippen LogP contribution in [0.4, 0.5) is 14.6 Å². The topological polar surface area (TPSA) is 104 Å². The van der Waals surface area contributed by atoms with E-state index in [4.69, 9.17) is 0 Å². The Morgan fingerprint density at radius 1 is 1.11 bits per heavy atom. The van der Waals surface area contributed by atoms with Gasteiger partial charge in [0, 0.05) is 31.9 Å². The van der Waals surface area contributed by atoms with Crippen LogP contribution in [-0.4, -0.2) is 61.1 Å². The monoisotopic (exact) mass is 598 g/mol. The maximum atomic E-state index is 15.9. The molecule has 1 aromatic carbocycles. The van der Waals surface area contributed by atoms with Crippen LogP contribution in [0.25, 0.3) is 28.0 Å². The highest BCUT2D eigenvalue weighted by molar-refractivity contribution is 5.91.